The Hall–Kier alpha value is -1.89. The number of halogens is 1. The minimum Gasteiger partial charge on any atom is -0.368 e. The van der Waals surface area contributed by atoms with Crippen LogP contribution in [0.25, 0.3) is 0 Å². The van der Waals surface area contributed by atoms with Gasteiger partial charge in [-0.2, -0.15) is 0 Å². The van der Waals surface area contributed by atoms with Crippen LogP contribution in [0, 0.1) is 0 Å². The molecule has 0 unspecified atom stereocenters. The van der Waals surface area contributed by atoms with Crippen LogP contribution >= 0.6 is 15.9 Å². The van der Waals surface area contributed by atoms with Crippen molar-refractivity contribution in [3.63, 3.8) is 0 Å². The highest BCUT2D eigenvalue weighted by atomic mass is 79.9. The van der Waals surface area contributed by atoms with E-state index in [1.807, 2.05) is 0 Å². The molecule has 7 heteroatoms. The highest BCUT2D eigenvalue weighted by Crippen LogP contribution is 2.29. The monoisotopic (exact) mass is 325 g/mol. The summed E-state index contributed by atoms with van der Waals surface area (Å²) in [5.74, 6) is -1.22. The van der Waals surface area contributed by atoms with Crippen molar-refractivity contribution in [2.45, 2.75) is 12.5 Å². The average molecular weight is 326 g/mol. The van der Waals surface area contributed by atoms with Crippen LogP contribution in [0.5, 0.6) is 0 Å². The zero-order chi connectivity index (χ0) is 14.2. The molecule has 100 valence electrons. The average Bonchev–Trinajstić information content (AvgIpc) is 2.54. The van der Waals surface area contributed by atoms with Crippen molar-refractivity contribution in [1.82, 2.24) is 10.2 Å². The molecule has 0 saturated carbocycles. The van der Waals surface area contributed by atoms with Crippen LogP contribution in [-0.2, 0) is 15.1 Å². The topological polar surface area (TPSA) is 92.5 Å². The molecule has 2 rings (SSSR count). The van der Waals surface area contributed by atoms with E-state index in [2.05, 4.69) is 21.2 Å². The summed E-state index contributed by atoms with van der Waals surface area (Å²) in [4.78, 5) is 35.7. The summed E-state index contributed by atoms with van der Waals surface area (Å²) in [5.41, 5.74) is 4.49. The van der Waals surface area contributed by atoms with Gasteiger partial charge in [0.2, 0.25) is 5.91 Å². The van der Waals surface area contributed by atoms with Crippen molar-refractivity contribution in [2.24, 2.45) is 5.73 Å². The molecule has 0 radical (unpaired) electrons. The number of nitrogens with one attached hydrogen (secondary N) is 1. The number of nitrogens with zero attached hydrogens (tertiary/aromatic N) is 1. The second kappa shape index (κ2) is 4.65. The molecule has 3 N–H and O–H groups in total. The smallest absolute Gasteiger partial charge is 0.325 e. The predicted octanol–water partition coefficient (Wildman–Crippen LogP) is 0.701. The third-order valence-corrected chi connectivity index (χ3v) is 3.54. The van der Waals surface area contributed by atoms with Crippen LogP contribution in [-0.4, -0.2) is 29.3 Å². The summed E-state index contributed by atoms with van der Waals surface area (Å²) in [6, 6.07) is 6.40. The zero-order valence-electron chi connectivity index (χ0n) is 10.1. The highest BCUT2D eigenvalue weighted by Gasteiger charge is 2.49. The van der Waals surface area contributed by atoms with E-state index in [0.717, 1.165) is 9.37 Å². The van der Waals surface area contributed by atoms with Gasteiger partial charge in [0.05, 0.1) is 0 Å². The fourth-order valence-electron chi connectivity index (χ4n) is 1.98. The molecule has 4 amide bonds. The normalized spacial score (nSPS) is 22.5. The number of hydrogen-bond donors (Lipinski definition) is 2. The van der Waals surface area contributed by atoms with Gasteiger partial charge >= 0.3 is 6.03 Å². The second-order valence-corrected chi connectivity index (χ2v) is 5.34. The van der Waals surface area contributed by atoms with Crippen LogP contribution in [0.2, 0.25) is 0 Å². The standard InChI is InChI=1S/C12H12BrN3O3/c1-12(7-2-4-8(13)5-3-7)10(18)16(6-9(14)17)11(19)15-12/h2-5H,6H2,1H3,(H2,14,17)(H,15,19)/t12-/m1/s1. The molecule has 1 aliphatic heterocycles. The maximum absolute atomic E-state index is 12.3. The van der Waals surface area contributed by atoms with Crippen molar-refractivity contribution in [3.8, 4) is 0 Å². The van der Waals surface area contributed by atoms with Crippen LogP contribution in [0.15, 0.2) is 28.7 Å². The Balaban J connectivity index is 2.35. The van der Waals surface area contributed by atoms with Crippen molar-refractivity contribution >= 4 is 33.8 Å². The van der Waals surface area contributed by atoms with Gasteiger partial charge in [-0.25, -0.2) is 4.79 Å². The first-order valence-electron chi connectivity index (χ1n) is 5.53. The molecular weight excluding hydrogens is 314 g/mol. The Labute approximate surface area is 118 Å². The number of nitrogens with two attached hydrogens (primary N) is 1. The number of imide groups is 1. The molecule has 1 fully saturated rings. The summed E-state index contributed by atoms with van der Waals surface area (Å²) < 4.78 is 0.866. The molecule has 0 bridgehead atoms. The number of hydrogen-bond acceptors (Lipinski definition) is 3. The summed E-state index contributed by atoms with van der Waals surface area (Å²) in [6.45, 7) is 1.17. The van der Waals surface area contributed by atoms with E-state index in [0.29, 0.717) is 5.56 Å². The van der Waals surface area contributed by atoms with Crippen molar-refractivity contribution in [2.75, 3.05) is 6.54 Å². The first-order valence-corrected chi connectivity index (χ1v) is 6.32. The lowest BCUT2D eigenvalue weighted by molar-refractivity contribution is -0.134. The Bertz CT molecular complexity index is 558. The number of primary amides is 1. The highest BCUT2D eigenvalue weighted by molar-refractivity contribution is 9.10. The molecule has 0 aliphatic carbocycles. The van der Waals surface area contributed by atoms with Gasteiger partial charge in [0, 0.05) is 4.47 Å². The molecule has 6 nitrogen and oxygen atoms in total. The minimum absolute atomic E-state index is 0.420. The van der Waals surface area contributed by atoms with Gasteiger partial charge in [-0.3, -0.25) is 14.5 Å². The molecular formula is C12H12BrN3O3. The molecule has 1 aliphatic rings. The van der Waals surface area contributed by atoms with E-state index in [1.54, 1.807) is 31.2 Å². The Morgan fingerprint density at radius 1 is 1.37 bits per heavy atom. The van der Waals surface area contributed by atoms with Crippen LogP contribution in [0.4, 0.5) is 4.79 Å². The van der Waals surface area contributed by atoms with Gasteiger partial charge < -0.3 is 11.1 Å². The Morgan fingerprint density at radius 2 is 1.95 bits per heavy atom. The maximum Gasteiger partial charge on any atom is 0.325 e. The Kier molecular flexibility index (Phi) is 3.32. The van der Waals surface area contributed by atoms with E-state index in [4.69, 9.17) is 5.73 Å². The molecule has 1 aromatic carbocycles. The van der Waals surface area contributed by atoms with Crippen LogP contribution in [0.3, 0.4) is 0 Å². The fourth-order valence-corrected chi connectivity index (χ4v) is 2.24. The van der Waals surface area contributed by atoms with Gasteiger partial charge in [-0.05, 0) is 24.6 Å². The van der Waals surface area contributed by atoms with E-state index in [-0.39, 0.29) is 0 Å². The van der Waals surface area contributed by atoms with E-state index >= 15 is 0 Å². The van der Waals surface area contributed by atoms with Crippen molar-refractivity contribution in [1.29, 1.82) is 0 Å². The largest absolute Gasteiger partial charge is 0.368 e. The summed E-state index contributed by atoms with van der Waals surface area (Å²) in [7, 11) is 0. The third-order valence-electron chi connectivity index (χ3n) is 3.01. The number of urea groups is 1. The summed E-state index contributed by atoms with van der Waals surface area (Å²) in [5, 5.41) is 2.59. The quantitative estimate of drug-likeness (QED) is 0.801. The zero-order valence-corrected chi connectivity index (χ0v) is 11.7. The van der Waals surface area contributed by atoms with Crippen molar-refractivity contribution in [3.05, 3.63) is 34.3 Å². The molecule has 1 heterocycles. The van der Waals surface area contributed by atoms with Crippen molar-refractivity contribution < 1.29 is 14.4 Å². The lowest BCUT2D eigenvalue weighted by Crippen LogP contribution is -2.42. The van der Waals surface area contributed by atoms with Gasteiger partial charge in [-0.1, -0.05) is 28.1 Å². The number of rotatable bonds is 3. The number of carbonyl (C=O) groups is 3. The van der Waals surface area contributed by atoms with E-state index < -0.39 is 29.9 Å². The molecule has 0 spiro atoms. The number of amides is 4. The molecule has 1 atom stereocenters. The summed E-state index contributed by atoms with van der Waals surface area (Å²) in [6.07, 6.45) is 0. The lowest BCUT2D eigenvalue weighted by Gasteiger charge is -2.22. The van der Waals surface area contributed by atoms with Gasteiger partial charge in [0.15, 0.2) is 0 Å². The Morgan fingerprint density at radius 3 is 2.47 bits per heavy atom. The molecule has 1 saturated heterocycles. The molecule has 0 aromatic heterocycles. The summed E-state index contributed by atoms with van der Waals surface area (Å²) >= 11 is 3.30. The first-order chi connectivity index (χ1) is 8.84. The lowest BCUT2D eigenvalue weighted by atomic mass is 9.92. The maximum atomic E-state index is 12.3. The number of carbonyl (C=O) groups excluding carboxylic acids is 3. The van der Waals surface area contributed by atoms with Gasteiger partial charge in [0.25, 0.3) is 5.91 Å². The van der Waals surface area contributed by atoms with Gasteiger partial charge in [0.1, 0.15) is 12.1 Å². The van der Waals surface area contributed by atoms with Crippen LogP contribution in [0.1, 0.15) is 12.5 Å². The van der Waals surface area contributed by atoms with Gasteiger partial charge in [-0.15, -0.1) is 0 Å². The van der Waals surface area contributed by atoms with E-state index in [9.17, 15) is 14.4 Å². The molecule has 1 aromatic rings. The SMILES string of the molecule is C[C@]1(c2ccc(Br)cc2)NC(=O)N(CC(N)=O)C1=O. The van der Waals surface area contributed by atoms with E-state index in [1.165, 1.54) is 0 Å². The predicted molar refractivity (Wildman–Crippen MR) is 70.9 cm³/mol. The first kappa shape index (κ1) is 13.5. The fraction of sp³-hybridized carbons (Fsp3) is 0.250. The van der Waals surface area contributed by atoms with Crippen LogP contribution < -0.4 is 11.1 Å². The minimum atomic E-state index is -1.17. The second-order valence-electron chi connectivity index (χ2n) is 4.42. The molecule has 19 heavy (non-hydrogen) atoms. The third kappa shape index (κ3) is 2.33. The number of benzene rings is 1.